The van der Waals surface area contributed by atoms with Crippen molar-refractivity contribution in [3.8, 4) is 0 Å². The lowest BCUT2D eigenvalue weighted by atomic mass is 10.1. The second-order valence-electron chi connectivity index (χ2n) is 3.56. The van der Waals surface area contributed by atoms with Crippen LogP contribution in [0.1, 0.15) is 37.9 Å². The van der Waals surface area contributed by atoms with Gasteiger partial charge in [-0.25, -0.2) is 0 Å². The number of hydrogen-bond acceptors (Lipinski definition) is 1. The van der Waals surface area contributed by atoms with Gasteiger partial charge in [0.2, 0.25) is 0 Å². The van der Waals surface area contributed by atoms with Gasteiger partial charge in [0, 0.05) is 32.4 Å². The van der Waals surface area contributed by atoms with Crippen LogP contribution in [0, 0.1) is 0 Å². The highest BCUT2D eigenvalue weighted by molar-refractivity contribution is 6.25. The molecule has 0 spiro atoms. The molecular formula is C12H34Cl2N-. The van der Waals surface area contributed by atoms with Crippen LogP contribution in [0.4, 0.5) is 0 Å². The first-order chi connectivity index (χ1) is 6.92. The van der Waals surface area contributed by atoms with Crippen molar-refractivity contribution in [3.63, 3.8) is 0 Å². The molecule has 1 aromatic carbocycles. The summed E-state index contributed by atoms with van der Waals surface area (Å²) in [5.74, 6) is 0. The van der Waals surface area contributed by atoms with Crippen LogP contribution in [0.5, 0.6) is 0 Å². The van der Waals surface area contributed by atoms with Crippen LogP contribution in [0.2, 0.25) is 0 Å². The van der Waals surface area contributed by atoms with Crippen molar-refractivity contribution in [1.82, 2.24) is 5.32 Å². The smallest absolute Gasteiger partial charge is 0.0328 e. The maximum absolute atomic E-state index is 5.47. The Morgan fingerprint density at radius 3 is 3.07 bits per heavy atom. The number of nitrogens with one attached hydrogen (secondary N) is 1. The largest absolute Gasteiger partial charge is 1.00 e. The number of halogens is 2. The third-order valence-electron chi connectivity index (χ3n) is 2.70. The van der Waals surface area contributed by atoms with Gasteiger partial charge < -0.3 is 17.7 Å². The van der Waals surface area contributed by atoms with Crippen LogP contribution in [0.25, 0.3) is 0 Å². The molecule has 1 aliphatic rings. The normalized spacial score (nSPS) is 18.9. The summed E-state index contributed by atoms with van der Waals surface area (Å²) in [4.78, 5) is 0. The van der Waals surface area contributed by atoms with Gasteiger partial charge in [0.05, 0.1) is 0 Å². The van der Waals surface area contributed by atoms with E-state index in [9.17, 15) is 0 Å². The van der Waals surface area contributed by atoms with Crippen LogP contribution in [-0.2, 0) is 6.42 Å². The SMILES string of the molecule is Cl/C=C\CNC1CCc2ccccc21.[Cl-].[HH].[HH].[HH].[HH].[HH].[HH].[HH].[HH].[HH].[HH]. The number of fused-ring (bicyclic) bond motifs is 1. The summed E-state index contributed by atoms with van der Waals surface area (Å²) < 4.78 is 0. The van der Waals surface area contributed by atoms with E-state index in [1.807, 2.05) is 6.08 Å². The molecule has 1 aromatic rings. The lowest BCUT2D eigenvalue weighted by Gasteiger charge is -2.11. The first kappa shape index (κ1) is 12.6. The van der Waals surface area contributed by atoms with Crippen molar-refractivity contribution < 1.29 is 26.7 Å². The minimum atomic E-state index is 0. The molecule has 0 radical (unpaired) electrons. The van der Waals surface area contributed by atoms with Crippen LogP contribution < -0.4 is 17.7 Å². The molecule has 2 rings (SSSR count). The van der Waals surface area contributed by atoms with E-state index < -0.39 is 0 Å². The van der Waals surface area contributed by atoms with Gasteiger partial charge >= 0.3 is 0 Å². The maximum atomic E-state index is 5.47. The Bertz CT molecular complexity index is 360. The molecule has 102 valence electrons. The average molecular weight is 263 g/mol. The molecule has 15 heavy (non-hydrogen) atoms. The zero-order valence-electron chi connectivity index (χ0n) is 8.42. The van der Waals surface area contributed by atoms with E-state index >= 15 is 0 Å². The topological polar surface area (TPSA) is 12.0 Å². The van der Waals surface area contributed by atoms with Crippen molar-refractivity contribution in [2.75, 3.05) is 6.54 Å². The summed E-state index contributed by atoms with van der Waals surface area (Å²) in [6, 6.07) is 9.16. The molecule has 1 atom stereocenters. The molecule has 0 aliphatic heterocycles. The van der Waals surface area contributed by atoms with Gasteiger partial charge in [0.25, 0.3) is 0 Å². The Balaban J connectivity index is -0.0000000256. The molecule has 1 aliphatic carbocycles. The molecule has 0 amide bonds. The van der Waals surface area contributed by atoms with Crippen molar-refractivity contribution in [2.24, 2.45) is 0 Å². The van der Waals surface area contributed by atoms with Crippen molar-refractivity contribution in [1.29, 1.82) is 0 Å². The second kappa shape index (κ2) is 6.16. The van der Waals surface area contributed by atoms with Crippen LogP contribution in [0.3, 0.4) is 0 Å². The summed E-state index contributed by atoms with van der Waals surface area (Å²) in [6.45, 7) is 0.850. The van der Waals surface area contributed by atoms with E-state index in [4.69, 9.17) is 11.6 Å². The van der Waals surface area contributed by atoms with Gasteiger partial charge in [-0.1, -0.05) is 41.9 Å². The van der Waals surface area contributed by atoms with E-state index in [0.717, 1.165) is 6.54 Å². The molecule has 0 saturated carbocycles. The van der Waals surface area contributed by atoms with E-state index in [1.165, 1.54) is 24.0 Å². The highest BCUT2D eigenvalue weighted by atomic mass is 35.5. The van der Waals surface area contributed by atoms with Crippen molar-refractivity contribution in [3.05, 3.63) is 47.0 Å². The number of rotatable bonds is 3. The summed E-state index contributed by atoms with van der Waals surface area (Å²) >= 11 is 5.47. The minimum Gasteiger partial charge on any atom is -1.00 e. The molecule has 0 aromatic heterocycles. The molecule has 1 unspecified atom stereocenters. The average Bonchev–Trinajstić information content (AvgIpc) is 2.63. The van der Waals surface area contributed by atoms with Gasteiger partial charge in [-0.05, 0) is 24.0 Å². The third-order valence-corrected chi connectivity index (χ3v) is 2.88. The fraction of sp³-hybridized carbons (Fsp3) is 0.333. The fourth-order valence-electron chi connectivity index (χ4n) is 2.02. The maximum Gasteiger partial charge on any atom is 0.0328 e. The standard InChI is InChI=1S/C12H14ClN.ClH.10H2/c13-8-3-9-14-12-7-6-10-4-1-2-5-11(10)12;;;;;;;;;;;/h1-5,8,12,14H,6-7,9H2;11*1H/p-1/b8-3-;;;;;;;;;;;. The van der Waals surface area contributed by atoms with Gasteiger partial charge in [-0.15, -0.1) is 0 Å². The monoisotopic (exact) mass is 262 g/mol. The summed E-state index contributed by atoms with van der Waals surface area (Å²) in [5.41, 5.74) is 4.50. The molecule has 0 heterocycles. The van der Waals surface area contributed by atoms with Crippen LogP contribution in [0.15, 0.2) is 35.9 Å². The molecule has 1 N–H and O–H groups in total. The van der Waals surface area contributed by atoms with Crippen LogP contribution >= 0.6 is 11.6 Å². The predicted molar refractivity (Wildman–Crippen MR) is 81.6 cm³/mol. The lowest BCUT2D eigenvalue weighted by molar-refractivity contribution is -0.00000277. The molecule has 0 bridgehead atoms. The highest BCUT2D eigenvalue weighted by Gasteiger charge is 2.20. The summed E-state index contributed by atoms with van der Waals surface area (Å²) in [6.07, 6.45) is 4.33. The highest BCUT2D eigenvalue weighted by Crippen LogP contribution is 2.30. The zero-order chi connectivity index (χ0) is 9.80. The van der Waals surface area contributed by atoms with Crippen molar-refractivity contribution in [2.45, 2.75) is 18.9 Å². The Hall–Kier alpha value is -0.500. The number of hydrogen-bond donors (Lipinski definition) is 1. The molecule has 1 nitrogen and oxygen atoms in total. The second-order valence-corrected chi connectivity index (χ2v) is 3.81. The van der Waals surface area contributed by atoms with Gasteiger partial charge in [0.15, 0.2) is 0 Å². The Morgan fingerprint density at radius 2 is 2.27 bits per heavy atom. The lowest BCUT2D eigenvalue weighted by Crippen LogP contribution is -3.00. The fourth-order valence-corrected chi connectivity index (χ4v) is 2.11. The van der Waals surface area contributed by atoms with Gasteiger partial charge in [0.1, 0.15) is 0 Å². The first-order valence-corrected chi connectivity index (χ1v) is 5.42. The number of benzene rings is 1. The molecule has 0 saturated heterocycles. The Labute approximate surface area is 117 Å². The van der Waals surface area contributed by atoms with Crippen LogP contribution in [-0.4, -0.2) is 6.54 Å². The number of aryl methyl sites for hydroxylation is 1. The predicted octanol–water partition coefficient (Wildman–Crippen LogP) is 2.48. The third kappa shape index (κ3) is 2.97. The van der Waals surface area contributed by atoms with Crippen molar-refractivity contribution >= 4 is 11.6 Å². The van der Waals surface area contributed by atoms with Gasteiger partial charge in [-0.3, -0.25) is 0 Å². The Kier molecular flexibility index (Phi) is 5.16. The van der Waals surface area contributed by atoms with E-state index in [2.05, 4.69) is 29.6 Å². The zero-order valence-corrected chi connectivity index (χ0v) is 9.93. The van der Waals surface area contributed by atoms with E-state index in [0.29, 0.717) is 6.04 Å². The van der Waals surface area contributed by atoms with E-state index in [-0.39, 0.29) is 26.7 Å². The quantitative estimate of drug-likeness (QED) is 0.883. The minimum absolute atomic E-state index is 0. The Morgan fingerprint density at radius 1 is 1.47 bits per heavy atom. The molecular weight excluding hydrogens is 229 g/mol. The van der Waals surface area contributed by atoms with Gasteiger partial charge in [-0.2, -0.15) is 0 Å². The van der Waals surface area contributed by atoms with E-state index in [1.54, 1.807) is 5.54 Å². The summed E-state index contributed by atoms with van der Waals surface area (Å²) in [5, 5.41) is 3.47. The summed E-state index contributed by atoms with van der Waals surface area (Å²) in [7, 11) is 0. The molecule has 3 heteroatoms. The first-order valence-electron chi connectivity index (χ1n) is 4.98. The molecule has 0 fully saturated rings.